The number of aliphatic carboxylic acids is 1. The van der Waals surface area contributed by atoms with Crippen molar-refractivity contribution >= 4 is 5.97 Å². The lowest BCUT2D eigenvalue weighted by Gasteiger charge is -2.02. The van der Waals surface area contributed by atoms with E-state index in [2.05, 4.69) is 32.9 Å². The number of carbonyl (C=O) groups is 1. The Balaban J connectivity index is 4.38. The van der Waals surface area contributed by atoms with Gasteiger partial charge in [0.05, 0.1) is 6.61 Å². The average molecular weight is 318 g/mol. The van der Waals surface area contributed by atoms with Gasteiger partial charge in [0.15, 0.2) is 0 Å². The van der Waals surface area contributed by atoms with Crippen molar-refractivity contribution in [3.05, 3.63) is 58.7 Å². The molecule has 0 fully saturated rings. The number of hydrogen-bond donors (Lipinski definition) is 2. The van der Waals surface area contributed by atoms with Crippen LogP contribution in [0.3, 0.4) is 0 Å². The monoisotopic (exact) mass is 318 g/mol. The van der Waals surface area contributed by atoms with Gasteiger partial charge in [-0.25, -0.2) is 4.79 Å². The maximum absolute atomic E-state index is 10.5. The second-order valence-electron chi connectivity index (χ2n) is 5.98. The van der Waals surface area contributed by atoms with E-state index in [1.54, 1.807) is 19.1 Å². The lowest BCUT2D eigenvalue weighted by atomic mass is 10.1. The fraction of sp³-hybridized carbons (Fsp3) is 0.450. The molecule has 0 aliphatic rings. The first kappa shape index (κ1) is 21.1. The summed E-state index contributed by atoms with van der Waals surface area (Å²) in [5.74, 6) is -0.952. The molecule has 0 aliphatic heterocycles. The molecule has 3 nitrogen and oxygen atoms in total. The van der Waals surface area contributed by atoms with E-state index in [0.29, 0.717) is 5.57 Å². The first-order chi connectivity index (χ1) is 10.8. The van der Waals surface area contributed by atoms with Gasteiger partial charge in [0.25, 0.3) is 0 Å². The molecule has 2 N–H and O–H groups in total. The highest BCUT2D eigenvalue weighted by molar-refractivity contribution is 5.81. The minimum absolute atomic E-state index is 0.0245. The van der Waals surface area contributed by atoms with E-state index in [0.717, 1.165) is 37.3 Å². The van der Waals surface area contributed by atoms with E-state index in [-0.39, 0.29) is 6.61 Å². The predicted molar refractivity (Wildman–Crippen MR) is 97.4 cm³/mol. The Morgan fingerprint density at radius 1 is 1.00 bits per heavy atom. The number of allylic oxidation sites excluding steroid dienone is 8. The van der Waals surface area contributed by atoms with E-state index in [1.165, 1.54) is 11.1 Å². The Bertz CT molecular complexity index is 513. The van der Waals surface area contributed by atoms with Gasteiger partial charge < -0.3 is 10.2 Å². The van der Waals surface area contributed by atoms with Gasteiger partial charge in [-0.3, -0.25) is 0 Å². The smallest absolute Gasteiger partial charge is 0.328 e. The summed E-state index contributed by atoms with van der Waals surface area (Å²) in [7, 11) is 0. The van der Waals surface area contributed by atoms with Crippen LogP contribution in [0.4, 0.5) is 0 Å². The fourth-order valence-corrected chi connectivity index (χ4v) is 1.99. The third-order valence-electron chi connectivity index (χ3n) is 3.29. The number of carboxylic acid groups (broad SMARTS) is 1. The fourth-order valence-electron chi connectivity index (χ4n) is 1.99. The van der Waals surface area contributed by atoms with E-state index < -0.39 is 5.97 Å². The topological polar surface area (TPSA) is 57.5 Å². The van der Waals surface area contributed by atoms with Gasteiger partial charge in [-0.15, -0.1) is 0 Å². The predicted octanol–water partition coefficient (Wildman–Crippen LogP) is 4.97. The maximum atomic E-state index is 10.5. The Morgan fingerprint density at radius 2 is 1.65 bits per heavy atom. The average Bonchev–Trinajstić information content (AvgIpc) is 2.44. The minimum Gasteiger partial charge on any atom is -0.478 e. The highest BCUT2D eigenvalue weighted by Gasteiger charge is 1.95. The molecule has 0 unspecified atom stereocenters. The molecule has 0 heterocycles. The SMILES string of the molecule is CC(C)=CCC/C(C)=C/CC/C(=C/C=C/C(C)=C/C(=O)O)CO. The van der Waals surface area contributed by atoms with Crippen LogP contribution in [0.15, 0.2) is 58.7 Å². The van der Waals surface area contributed by atoms with Crippen LogP contribution >= 0.6 is 0 Å². The van der Waals surface area contributed by atoms with Crippen LogP contribution in [0.25, 0.3) is 0 Å². The van der Waals surface area contributed by atoms with Gasteiger partial charge in [0.2, 0.25) is 0 Å². The second kappa shape index (κ2) is 12.7. The molecule has 23 heavy (non-hydrogen) atoms. The molecule has 0 atom stereocenters. The number of aliphatic hydroxyl groups is 1. The Kier molecular flexibility index (Phi) is 11.6. The van der Waals surface area contributed by atoms with Crippen LogP contribution in [-0.2, 0) is 4.79 Å². The van der Waals surface area contributed by atoms with Crippen molar-refractivity contribution in [2.24, 2.45) is 0 Å². The van der Waals surface area contributed by atoms with Crippen LogP contribution in [0, 0.1) is 0 Å². The molecule has 0 amide bonds. The maximum Gasteiger partial charge on any atom is 0.328 e. The summed E-state index contributed by atoms with van der Waals surface area (Å²) >= 11 is 0. The molecule has 0 aliphatic carbocycles. The summed E-state index contributed by atoms with van der Waals surface area (Å²) in [6.07, 6.45) is 14.8. The molecule has 0 aromatic carbocycles. The van der Waals surface area contributed by atoms with E-state index >= 15 is 0 Å². The number of hydrogen-bond acceptors (Lipinski definition) is 2. The summed E-state index contributed by atoms with van der Waals surface area (Å²) < 4.78 is 0. The summed E-state index contributed by atoms with van der Waals surface area (Å²) in [6, 6.07) is 0. The van der Waals surface area contributed by atoms with Gasteiger partial charge >= 0.3 is 5.97 Å². The minimum atomic E-state index is -0.952. The van der Waals surface area contributed by atoms with Crippen molar-refractivity contribution in [3.8, 4) is 0 Å². The van der Waals surface area contributed by atoms with Crippen LogP contribution in [-0.4, -0.2) is 22.8 Å². The zero-order chi connectivity index (χ0) is 17.7. The number of aliphatic hydroxyl groups excluding tert-OH is 1. The van der Waals surface area contributed by atoms with Gasteiger partial charge in [0.1, 0.15) is 0 Å². The highest BCUT2D eigenvalue weighted by atomic mass is 16.4. The van der Waals surface area contributed by atoms with Crippen molar-refractivity contribution in [3.63, 3.8) is 0 Å². The Morgan fingerprint density at radius 3 is 2.22 bits per heavy atom. The first-order valence-corrected chi connectivity index (χ1v) is 8.02. The van der Waals surface area contributed by atoms with Gasteiger partial charge in [-0.2, -0.15) is 0 Å². The van der Waals surface area contributed by atoms with E-state index in [1.807, 2.05) is 6.08 Å². The molecule has 0 saturated carbocycles. The second-order valence-corrected chi connectivity index (χ2v) is 5.98. The zero-order valence-electron chi connectivity index (χ0n) is 14.8. The third kappa shape index (κ3) is 13.5. The van der Waals surface area contributed by atoms with Gasteiger partial charge in [-0.1, -0.05) is 41.5 Å². The Labute approximate surface area is 140 Å². The molecule has 0 bridgehead atoms. The molecule has 0 rings (SSSR count). The molecular weight excluding hydrogens is 288 g/mol. The quantitative estimate of drug-likeness (QED) is 0.340. The molecule has 0 radical (unpaired) electrons. The summed E-state index contributed by atoms with van der Waals surface area (Å²) in [5.41, 5.74) is 4.33. The van der Waals surface area contributed by atoms with E-state index in [9.17, 15) is 9.90 Å². The molecule has 3 heteroatoms. The molecular formula is C20H30O3. The number of carboxylic acids is 1. The highest BCUT2D eigenvalue weighted by Crippen LogP contribution is 2.11. The standard InChI is InChI=1S/C20H30O3/c1-16(2)8-5-9-17(3)10-6-12-19(15-21)13-7-11-18(4)14-20(22)23/h7-8,10-11,13-14,21H,5-6,9,12,15H2,1-4H3,(H,22,23)/b11-7+,17-10+,18-14+,19-13-. The van der Waals surface area contributed by atoms with Crippen LogP contribution in [0.5, 0.6) is 0 Å². The van der Waals surface area contributed by atoms with Crippen LogP contribution < -0.4 is 0 Å². The first-order valence-electron chi connectivity index (χ1n) is 8.02. The van der Waals surface area contributed by atoms with Crippen molar-refractivity contribution in [1.29, 1.82) is 0 Å². The summed E-state index contributed by atoms with van der Waals surface area (Å²) in [6.45, 7) is 8.12. The van der Waals surface area contributed by atoms with Crippen LogP contribution in [0.2, 0.25) is 0 Å². The van der Waals surface area contributed by atoms with Gasteiger partial charge in [0, 0.05) is 6.08 Å². The lowest BCUT2D eigenvalue weighted by Crippen LogP contribution is -1.90. The molecule has 128 valence electrons. The summed E-state index contributed by atoms with van der Waals surface area (Å²) in [4.78, 5) is 10.5. The lowest BCUT2D eigenvalue weighted by molar-refractivity contribution is -0.131. The molecule has 0 aromatic heterocycles. The van der Waals surface area contributed by atoms with Crippen molar-refractivity contribution in [2.75, 3.05) is 6.61 Å². The van der Waals surface area contributed by atoms with Crippen molar-refractivity contribution in [2.45, 2.75) is 53.4 Å². The Hall–Kier alpha value is -1.87. The molecule has 0 saturated heterocycles. The third-order valence-corrected chi connectivity index (χ3v) is 3.29. The van der Waals surface area contributed by atoms with Crippen molar-refractivity contribution < 1.29 is 15.0 Å². The largest absolute Gasteiger partial charge is 0.478 e. The van der Waals surface area contributed by atoms with Crippen LogP contribution in [0.1, 0.15) is 53.4 Å². The zero-order valence-corrected chi connectivity index (χ0v) is 14.8. The molecule has 0 spiro atoms. The van der Waals surface area contributed by atoms with E-state index in [4.69, 9.17) is 5.11 Å². The van der Waals surface area contributed by atoms with Crippen molar-refractivity contribution in [1.82, 2.24) is 0 Å². The summed E-state index contributed by atoms with van der Waals surface area (Å²) in [5, 5.41) is 18.0. The number of rotatable bonds is 10. The van der Waals surface area contributed by atoms with Gasteiger partial charge in [-0.05, 0) is 64.5 Å². The molecule has 0 aromatic rings. The normalized spacial score (nSPS) is 13.5.